The van der Waals surface area contributed by atoms with Gasteiger partial charge in [0.1, 0.15) is 46.8 Å². The lowest BCUT2D eigenvalue weighted by Gasteiger charge is -2.49. The lowest BCUT2D eigenvalue weighted by Crippen LogP contribution is -2.70. The van der Waals surface area contributed by atoms with E-state index >= 15 is 0 Å². The third-order valence-electron chi connectivity index (χ3n) is 6.58. The fraction of sp³-hybridized carbons (Fsp3) is 0.893. The average Bonchev–Trinajstić information content (AvgIpc) is 2.77. The lowest BCUT2D eigenvalue weighted by atomic mass is 9.83. The maximum atomic E-state index is 12.8. The summed E-state index contributed by atoms with van der Waals surface area (Å²) in [6, 6.07) is -3.42. The van der Waals surface area contributed by atoms with Crippen LogP contribution in [0.15, 0.2) is 0 Å². The van der Waals surface area contributed by atoms with Gasteiger partial charge < -0.3 is 59.6 Å². The topological polar surface area (TPSA) is 206 Å². The van der Waals surface area contributed by atoms with Crippen LogP contribution in [0.2, 0.25) is 0 Å². The Hall–Kier alpha value is -2.43. The van der Waals surface area contributed by atoms with E-state index in [9.17, 15) is 34.8 Å². The number of nitrogens with zero attached hydrogens (tertiary/aromatic N) is 1. The van der Waals surface area contributed by atoms with Crippen molar-refractivity contribution in [3.63, 3.8) is 0 Å². The second-order valence-corrected chi connectivity index (χ2v) is 14.4. The number of amides is 3. The van der Waals surface area contributed by atoms with Gasteiger partial charge in [0.15, 0.2) is 6.29 Å². The van der Waals surface area contributed by atoms with Crippen molar-refractivity contribution in [2.45, 2.75) is 147 Å². The van der Waals surface area contributed by atoms with Gasteiger partial charge in [0.2, 0.25) is 0 Å². The van der Waals surface area contributed by atoms with E-state index in [4.69, 9.17) is 23.7 Å². The second kappa shape index (κ2) is 13.3. The van der Waals surface area contributed by atoms with Crippen molar-refractivity contribution >= 4 is 18.3 Å². The summed E-state index contributed by atoms with van der Waals surface area (Å²) in [7, 11) is 1.35. The van der Waals surface area contributed by atoms with Crippen molar-refractivity contribution in [3.8, 4) is 0 Å². The Bertz CT molecular complexity index is 987. The minimum absolute atomic E-state index is 0.136. The Balaban J connectivity index is 2.33. The smallest absolute Gasteiger partial charge is 0.410 e. The van der Waals surface area contributed by atoms with Gasteiger partial charge in [-0.3, -0.25) is 0 Å². The van der Waals surface area contributed by atoms with Crippen LogP contribution >= 0.6 is 0 Å². The summed E-state index contributed by atoms with van der Waals surface area (Å²) >= 11 is 0. The molecule has 3 amide bonds. The normalized spacial score (nSPS) is 33.7. The summed E-state index contributed by atoms with van der Waals surface area (Å²) in [5, 5.41) is 49.5. The van der Waals surface area contributed by atoms with Gasteiger partial charge in [-0.05, 0) is 75.7 Å². The van der Waals surface area contributed by atoms with E-state index in [1.807, 2.05) is 0 Å². The first-order valence-corrected chi connectivity index (χ1v) is 14.3. The Morgan fingerprint density at radius 3 is 1.72 bits per heavy atom. The highest BCUT2D eigenvalue weighted by atomic mass is 16.7. The van der Waals surface area contributed by atoms with E-state index in [0.717, 1.165) is 4.90 Å². The van der Waals surface area contributed by atoms with Crippen LogP contribution in [0.4, 0.5) is 14.4 Å². The van der Waals surface area contributed by atoms with E-state index in [1.165, 1.54) is 14.0 Å². The molecule has 15 heteroatoms. The number of hydrogen-bond acceptors (Lipinski definition) is 12. The number of ether oxygens (including phenoxy) is 5. The largest absolute Gasteiger partial charge is 0.444 e. The van der Waals surface area contributed by atoms with E-state index in [1.54, 1.807) is 62.3 Å². The summed E-state index contributed by atoms with van der Waals surface area (Å²) in [5.74, 6) is 0. The number of alkyl carbamates (subject to hydrolysis) is 2. The predicted octanol–water partition coefficient (Wildman–Crippen LogP) is 0.987. The molecule has 0 aromatic carbocycles. The van der Waals surface area contributed by atoms with Crippen LogP contribution in [0, 0.1) is 0 Å². The number of aliphatic hydroxyl groups is 4. The number of nitrogens with one attached hydrogen (secondary N) is 2. The second-order valence-electron chi connectivity index (χ2n) is 14.4. The molecule has 0 radical (unpaired) electrons. The van der Waals surface area contributed by atoms with E-state index in [2.05, 4.69) is 10.6 Å². The third-order valence-corrected chi connectivity index (χ3v) is 6.58. The van der Waals surface area contributed by atoms with Gasteiger partial charge >= 0.3 is 18.3 Å². The molecule has 1 saturated carbocycles. The highest BCUT2D eigenvalue weighted by Gasteiger charge is 2.54. The molecular formula is C28H51N3O12. The van der Waals surface area contributed by atoms with Crippen molar-refractivity contribution in [1.82, 2.24) is 15.5 Å². The summed E-state index contributed by atoms with van der Waals surface area (Å²) < 4.78 is 27.6. The fourth-order valence-electron chi connectivity index (χ4n) is 4.92. The van der Waals surface area contributed by atoms with E-state index in [0.29, 0.717) is 0 Å². The molecule has 1 saturated heterocycles. The first kappa shape index (κ1) is 36.8. The molecule has 1 aliphatic carbocycles. The zero-order chi connectivity index (χ0) is 33.3. The molecule has 0 aromatic heterocycles. The summed E-state index contributed by atoms with van der Waals surface area (Å²) in [6.07, 6.45) is -10.5. The Kier molecular flexibility index (Phi) is 11.4. The van der Waals surface area contributed by atoms with Gasteiger partial charge in [-0.15, -0.1) is 0 Å². The van der Waals surface area contributed by atoms with Gasteiger partial charge in [-0.25, -0.2) is 14.4 Å². The minimum Gasteiger partial charge on any atom is -0.444 e. The van der Waals surface area contributed by atoms with Gasteiger partial charge in [0, 0.05) is 7.05 Å². The molecule has 2 rings (SSSR count). The quantitative estimate of drug-likeness (QED) is 0.238. The lowest BCUT2D eigenvalue weighted by molar-refractivity contribution is -0.305. The molecule has 43 heavy (non-hydrogen) atoms. The van der Waals surface area contributed by atoms with Crippen molar-refractivity contribution in [3.05, 3.63) is 0 Å². The van der Waals surface area contributed by atoms with Crippen molar-refractivity contribution in [2.75, 3.05) is 13.7 Å². The molecule has 250 valence electrons. The molecule has 1 aliphatic heterocycles. The molecule has 1 heterocycles. The van der Waals surface area contributed by atoms with E-state index < -0.39 is 89.5 Å². The maximum Gasteiger partial charge on any atom is 0.410 e. The van der Waals surface area contributed by atoms with Crippen molar-refractivity contribution in [1.29, 1.82) is 0 Å². The van der Waals surface area contributed by atoms with Gasteiger partial charge in [-0.1, -0.05) is 0 Å². The predicted molar refractivity (Wildman–Crippen MR) is 152 cm³/mol. The van der Waals surface area contributed by atoms with Crippen molar-refractivity contribution in [2.24, 2.45) is 0 Å². The Morgan fingerprint density at radius 1 is 0.791 bits per heavy atom. The standard InChI is InChI=1S/C28H51N3O12/c1-25(2,3)41-22(35)29-14-12-15(30-23(36)42-26(4,5)6)19(17(33)16(14)32)40-21-18(34)20(28(10,38)13-39-21)31(11)24(37)43-27(7,8)9/h14-21,32-34,38H,12-13H2,1-11H3,(H,29,35)(H,30,36)/t14-,15+,16+,17-,18+,19+,20-,21+,28-/m0/s1. The molecule has 6 N–H and O–H groups in total. The SMILES string of the molecule is CN(C(=O)OC(C)(C)C)[C@H]1[C@@H](O)[C@@H](O[C@H]2[C@@H](O)[C@H](O)[C@@H](NC(=O)OC(C)(C)C)C[C@H]2NC(=O)OC(C)(C)C)OC[C@]1(C)O. The maximum absolute atomic E-state index is 12.8. The van der Waals surface area contributed by atoms with Crippen LogP contribution in [0.5, 0.6) is 0 Å². The first-order chi connectivity index (χ1) is 19.3. The molecule has 0 spiro atoms. The highest BCUT2D eigenvalue weighted by molar-refractivity contribution is 5.69. The monoisotopic (exact) mass is 621 g/mol. The molecule has 2 fully saturated rings. The van der Waals surface area contributed by atoms with Crippen LogP contribution in [-0.4, -0.2) is 128 Å². The van der Waals surface area contributed by atoms with Crippen LogP contribution in [0.1, 0.15) is 75.7 Å². The fourth-order valence-corrected chi connectivity index (χ4v) is 4.92. The Morgan fingerprint density at radius 2 is 1.26 bits per heavy atom. The number of carbonyl (C=O) groups excluding carboxylic acids is 3. The van der Waals surface area contributed by atoms with Crippen LogP contribution in [-0.2, 0) is 23.7 Å². The van der Waals surface area contributed by atoms with Crippen LogP contribution in [0.3, 0.4) is 0 Å². The minimum atomic E-state index is -1.73. The molecular weight excluding hydrogens is 570 g/mol. The molecule has 0 unspecified atom stereocenters. The molecule has 2 aliphatic rings. The van der Waals surface area contributed by atoms with Crippen LogP contribution < -0.4 is 10.6 Å². The number of carbonyl (C=O) groups is 3. The number of aliphatic hydroxyl groups excluding tert-OH is 3. The molecule has 15 nitrogen and oxygen atoms in total. The van der Waals surface area contributed by atoms with Crippen molar-refractivity contribution < 1.29 is 58.5 Å². The number of rotatable bonds is 5. The molecule has 9 atom stereocenters. The zero-order valence-corrected chi connectivity index (χ0v) is 27.0. The Labute approximate surface area is 253 Å². The zero-order valence-electron chi connectivity index (χ0n) is 27.0. The summed E-state index contributed by atoms with van der Waals surface area (Å²) in [5.41, 5.74) is -4.28. The van der Waals surface area contributed by atoms with Gasteiger partial charge in [-0.2, -0.15) is 0 Å². The van der Waals surface area contributed by atoms with E-state index in [-0.39, 0.29) is 13.0 Å². The van der Waals surface area contributed by atoms with Gasteiger partial charge in [0.05, 0.1) is 24.7 Å². The molecule has 0 aromatic rings. The highest BCUT2D eigenvalue weighted by Crippen LogP contribution is 2.33. The number of likely N-dealkylation sites (N-methyl/N-ethyl adjacent to an activating group) is 1. The summed E-state index contributed by atoms with van der Waals surface area (Å²) in [6.45, 7) is 16.0. The van der Waals surface area contributed by atoms with Gasteiger partial charge in [0.25, 0.3) is 0 Å². The summed E-state index contributed by atoms with van der Waals surface area (Å²) in [4.78, 5) is 39.0. The average molecular weight is 622 g/mol. The third kappa shape index (κ3) is 10.6. The first-order valence-electron chi connectivity index (χ1n) is 14.3. The molecule has 0 bridgehead atoms. The van der Waals surface area contributed by atoms with Crippen LogP contribution in [0.25, 0.3) is 0 Å². The number of hydrogen-bond donors (Lipinski definition) is 6.